The van der Waals surface area contributed by atoms with Crippen LogP contribution in [0.1, 0.15) is 39.2 Å². The molecule has 1 atom stereocenters. The van der Waals surface area contributed by atoms with Crippen LogP contribution in [0.25, 0.3) is 0 Å². The predicted molar refractivity (Wildman–Crippen MR) is 86.4 cm³/mol. The minimum absolute atomic E-state index is 0.00920. The Morgan fingerprint density at radius 3 is 2.43 bits per heavy atom. The van der Waals surface area contributed by atoms with Crippen LogP contribution < -0.4 is 15.8 Å². The van der Waals surface area contributed by atoms with Gasteiger partial charge in [0.2, 0.25) is 5.91 Å². The third-order valence-electron chi connectivity index (χ3n) is 3.24. The molecule has 1 unspecified atom stereocenters. The Kier molecular flexibility index (Phi) is 6.69. The van der Waals surface area contributed by atoms with E-state index in [1.807, 2.05) is 24.3 Å². The molecule has 0 saturated carbocycles. The number of aryl methyl sites for hydroxylation is 1. The molecule has 1 aromatic rings. The lowest BCUT2D eigenvalue weighted by atomic mass is 9.88. The number of rotatable bonds is 7. The standard InChI is InChI=1S/C17H28N2O2/c1-17(2,3)11-14(18)12-19-16(20)10-7-13-5-8-15(21-4)9-6-13/h5-6,8-9,14H,7,10-12,18H2,1-4H3,(H,19,20). The zero-order valence-corrected chi connectivity index (χ0v) is 13.6. The molecule has 0 aliphatic rings. The molecule has 3 N–H and O–H groups in total. The number of ether oxygens (including phenoxy) is 1. The molecule has 1 rings (SSSR count). The number of amides is 1. The van der Waals surface area contributed by atoms with Crippen LogP contribution in [0, 0.1) is 5.41 Å². The van der Waals surface area contributed by atoms with Gasteiger partial charge in [-0.15, -0.1) is 0 Å². The molecule has 0 saturated heterocycles. The summed E-state index contributed by atoms with van der Waals surface area (Å²) in [6, 6.07) is 7.79. The second-order valence-electron chi connectivity index (χ2n) is 6.68. The maximum atomic E-state index is 11.8. The number of nitrogens with two attached hydrogens (primary N) is 1. The van der Waals surface area contributed by atoms with Crippen LogP contribution in [0.2, 0.25) is 0 Å². The molecule has 0 aromatic heterocycles. The van der Waals surface area contributed by atoms with E-state index in [-0.39, 0.29) is 17.4 Å². The van der Waals surface area contributed by atoms with Crippen LogP contribution in [0.5, 0.6) is 5.75 Å². The molecule has 4 nitrogen and oxygen atoms in total. The zero-order chi connectivity index (χ0) is 15.9. The summed E-state index contributed by atoms with van der Waals surface area (Å²) in [5.41, 5.74) is 7.34. The Hall–Kier alpha value is -1.55. The largest absolute Gasteiger partial charge is 0.497 e. The van der Waals surface area contributed by atoms with Crippen molar-refractivity contribution >= 4 is 5.91 Å². The minimum Gasteiger partial charge on any atom is -0.497 e. The lowest BCUT2D eigenvalue weighted by molar-refractivity contribution is -0.121. The second-order valence-corrected chi connectivity index (χ2v) is 6.68. The lowest BCUT2D eigenvalue weighted by Crippen LogP contribution is -2.39. The summed E-state index contributed by atoms with van der Waals surface area (Å²) >= 11 is 0. The lowest BCUT2D eigenvalue weighted by Gasteiger charge is -2.23. The Morgan fingerprint density at radius 2 is 1.90 bits per heavy atom. The number of carbonyl (C=O) groups excluding carboxylic acids is 1. The molecule has 0 aliphatic carbocycles. The fourth-order valence-corrected chi connectivity index (χ4v) is 2.24. The van der Waals surface area contributed by atoms with Gasteiger partial charge in [-0.3, -0.25) is 4.79 Å². The second kappa shape index (κ2) is 8.03. The quantitative estimate of drug-likeness (QED) is 0.811. The highest BCUT2D eigenvalue weighted by Crippen LogP contribution is 2.19. The van der Waals surface area contributed by atoms with Crippen LogP contribution in [0.4, 0.5) is 0 Å². The van der Waals surface area contributed by atoms with Crippen molar-refractivity contribution in [3.8, 4) is 5.75 Å². The zero-order valence-electron chi connectivity index (χ0n) is 13.6. The fraction of sp³-hybridized carbons (Fsp3) is 0.588. The van der Waals surface area contributed by atoms with Gasteiger partial charge < -0.3 is 15.8 Å². The summed E-state index contributed by atoms with van der Waals surface area (Å²) in [7, 11) is 1.64. The van der Waals surface area contributed by atoms with Gasteiger partial charge in [-0.1, -0.05) is 32.9 Å². The smallest absolute Gasteiger partial charge is 0.220 e. The third kappa shape index (κ3) is 7.71. The number of nitrogens with one attached hydrogen (secondary N) is 1. The first kappa shape index (κ1) is 17.5. The molecule has 0 fully saturated rings. The van der Waals surface area contributed by atoms with Gasteiger partial charge in [-0.05, 0) is 36.0 Å². The van der Waals surface area contributed by atoms with Crippen LogP contribution >= 0.6 is 0 Å². The van der Waals surface area contributed by atoms with Gasteiger partial charge in [-0.25, -0.2) is 0 Å². The average molecular weight is 292 g/mol. The number of hydrogen-bond acceptors (Lipinski definition) is 3. The summed E-state index contributed by atoms with van der Waals surface area (Å²) in [6.07, 6.45) is 2.10. The fourth-order valence-electron chi connectivity index (χ4n) is 2.24. The minimum atomic E-state index is 0.00920. The van der Waals surface area contributed by atoms with Gasteiger partial charge in [0, 0.05) is 19.0 Å². The first-order chi connectivity index (χ1) is 9.80. The highest BCUT2D eigenvalue weighted by atomic mass is 16.5. The molecule has 21 heavy (non-hydrogen) atoms. The number of hydrogen-bond donors (Lipinski definition) is 2. The first-order valence-corrected chi connectivity index (χ1v) is 7.45. The maximum absolute atomic E-state index is 11.8. The van der Waals surface area contributed by atoms with Crippen molar-refractivity contribution in [2.45, 2.75) is 46.1 Å². The highest BCUT2D eigenvalue weighted by molar-refractivity contribution is 5.76. The van der Waals surface area contributed by atoms with Crippen LogP contribution in [0.3, 0.4) is 0 Å². The summed E-state index contributed by atoms with van der Waals surface area (Å²) < 4.78 is 5.11. The molecule has 0 radical (unpaired) electrons. The van der Waals surface area contributed by atoms with Gasteiger partial charge in [0.25, 0.3) is 0 Å². The normalized spacial score (nSPS) is 12.8. The summed E-state index contributed by atoms with van der Waals surface area (Å²) in [4.78, 5) is 11.8. The van der Waals surface area contributed by atoms with E-state index in [4.69, 9.17) is 10.5 Å². The molecule has 0 heterocycles. The summed E-state index contributed by atoms with van der Waals surface area (Å²) in [6.45, 7) is 6.99. The molecular weight excluding hydrogens is 264 g/mol. The third-order valence-corrected chi connectivity index (χ3v) is 3.24. The number of benzene rings is 1. The molecule has 1 aromatic carbocycles. The highest BCUT2D eigenvalue weighted by Gasteiger charge is 2.16. The van der Waals surface area contributed by atoms with Crippen molar-refractivity contribution in [2.75, 3.05) is 13.7 Å². The maximum Gasteiger partial charge on any atom is 0.220 e. The van der Waals surface area contributed by atoms with E-state index < -0.39 is 0 Å². The Bertz CT molecular complexity index is 435. The van der Waals surface area contributed by atoms with E-state index in [1.54, 1.807) is 7.11 Å². The van der Waals surface area contributed by atoms with Crippen molar-refractivity contribution in [2.24, 2.45) is 11.1 Å². The summed E-state index contributed by atoms with van der Waals surface area (Å²) in [5, 5.41) is 2.91. The molecular formula is C17H28N2O2. The Morgan fingerprint density at radius 1 is 1.29 bits per heavy atom. The van der Waals surface area contributed by atoms with Gasteiger partial charge in [-0.2, -0.15) is 0 Å². The van der Waals surface area contributed by atoms with Gasteiger partial charge >= 0.3 is 0 Å². The van der Waals surface area contributed by atoms with E-state index in [9.17, 15) is 4.79 Å². The molecule has 0 spiro atoms. The molecule has 0 bridgehead atoms. The molecule has 0 aliphatic heterocycles. The molecule has 1 amide bonds. The van der Waals surface area contributed by atoms with E-state index in [0.29, 0.717) is 13.0 Å². The molecule has 118 valence electrons. The van der Waals surface area contributed by atoms with Gasteiger partial charge in [0.15, 0.2) is 0 Å². The van der Waals surface area contributed by atoms with E-state index in [1.165, 1.54) is 0 Å². The monoisotopic (exact) mass is 292 g/mol. The summed E-state index contributed by atoms with van der Waals surface area (Å²) in [5.74, 6) is 0.881. The number of methoxy groups -OCH3 is 1. The van der Waals surface area contributed by atoms with Crippen LogP contribution in [-0.4, -0.2) is 25.6 Å². The average Bonchev–Trinajstić information content (AvgIpc) is 2.41. The number of carbonyl (C=O) groups is 1. The molecule has 4 heteroatoms. The van der Waals surface area contributed by atoms with Crippen molar-refractivity contribution < 1.29 is 9.53 Å². The predicted octanol–water partition coefficient (Wildman–Crippen LogP) is 2.51. The van der Waals surface area contributed by atoms with Crippen LogP contribution in [-0.2, 0) is 11.2 Å². The van der Waals surface area contributed by atoms with Crippen LogP contribution in [0.15, 0.2) is 24.3 Å². The van der Waals surface area contributed by atoms with Crippen molar-refractivity contribution in [3.05, 3.63) is 29.8 Å². The van der Waals surface area contributed by atoms with Crippen molar-refractivity contribution in [1.82, 2.24) is 5.32 Å². The van der Waals surface area contributed by atoms with Gasteiger partial charge in [0.1, 0.15) is 5.75 Å². The Balaban J connectivity index is 2.27. The van der Waals surface area contributed by atoms with Crippen molar-refractivity contribution in [3.63, 3.8) is 0 Å². The SMILES string of the molecule is COc1ccc(CCC(=O)NCC(N)CC(C)(C)C)cc1. The Labute approximate surface area is 128 Å². The van der Waals surface area contributed by atoms with Gasteiger partial charge in [0.05, 0.1) is 7.11 Å². The first-order valence-electron chi connectivity index (χ1n) is 7.45. The van der Waals surface area contributed by atoms with Crippen molar-refractivity contribution in [1.29, 1.82) is 0 Å². The topological polar surface area (TPSA) is 64.3 Å². The van der Waals surface area contributed by atoms with E-state index >= 15 is 0 Å². The van der Waals surface area contributed by atoms with E-state index in [2.05, 4.69) is 26.1 Å². The van der Waals surface area contributed by atoms with E-state index in [0.717, 1.165) is 24.2 Å².